The minimum atomic E-state index is -2.13. The van der Waals surface area contributed by atoms with Gasteiger partial charge in [-0.25, -0.2) is 0 Å². The molecule has 16 heteroatoms. The lowest BCUT2D eigenvalue weighted by atomic mass is 9.71. The van der Waals surface area contributed by atoms with Crippen molar-refractivity contribution in [1.29, 1.82) is 0 Å². The molecule has 0 radical (unpaired) electrons. The normalized spacial score (nSPS) is 27.5. The number of benzene rings is 2. The first-order valence-electron chi connectivity index (χ1n) is 16.0. The van der Waals surface area contributed by atoms with Crippen molar-refractivity contribution >= 4 is 23.3 Å². The molecule has 2 heterocycles. The van der Waals surface area contributed by atoms with Gasteiger partial charge in [-0.2, -0.15) is 5.06 Å². The Bertz CT molecular complexity index is 1770. The highest BCUT2D eigenvalue weighted by Crippen LogP contribution is 2.52. The molecular weight excluding hydrogens is 660 g/mol. The van der Waals surface area contributed by atoms with Gasteiger partial charge in [-0.3, -0.25) is 24.0 Å². The Balaban J connectivity index is 1.29. The van der Waals surface area contributed by atoms with Gasteiger partial charge in [-0.15, -0.1) is 0 Å². The molecule has 268 valence electrons. The van der Waals surface area contributed by atoms with Crippen molar-refractivity contribution in [2.45, 2.75) is 82.0 Å². The minimum Gasteiger partial charge on any atom is -0.507 e. The Hall–Kier alpha value is -4.42. The van der Waals surface area contributed by atoms with Crippen LogP contribution in [0.15, 0.2) is 30.2 Å². The largest absolute Gasteiger partial charge is 0.507 e. The topological polar surface area (TPSA) is 242 Å². The third-order valence-electron chi connectivity index (χ3n) is 9.67. The summed E-state index contributed by atoms with van der Waals surface area (Å²) >= 11 is 0. The number of hydrogen-bond acceptors (Lipinski definition) is 15. The Kier molecular flexibility index (Phi) is 9.71. The molecule has 0 saturated carbocycles. The van der Waals surface area contributed by atoms with Gasteiger partial charge in [-0.05, 0) is 18.9 Å². The van der Waals surface area contributed by atoms with E-state index in [1.807, 2.05) is 0 Å². The quantitative estimate of drug-likeness (QED) is 0.120. The molecule has 50 heavy (non-hydrogen) atoms. The third kappa shape index (κ3) is 6.23. The Labute approximate surface area is 285 Å². The average molecular weight is 699 g/mol. The molecule has 16 nitrogen and oxygen atoms in total. The van der Waals surface area contributed by atoms with Gasteiger partial charge in [0, 0.05) is 47.9 Å². The first-order chi connectivity index (χ1) is 23.8. The van der Waals surface area contributed by atoms with Crippen LogP contribution in [-0.4, -0.2) is 109 Å². The second-order valence-corrected chi connectivity index (χ2v) is 12.8. The zero-order valence-electron chi connectivity index (χ0n) is 27.2. The molecule has 6 rings (SSSR count). The summed E-state index contributed by atoms with van der Waals surface area (Å²) in [6.45, 7) is 0.503. The summed E-state index contributed by atoms with van der Waals surface area (Å²) in [5.41, 5.74) is -3.61. The molecule has 2 aliphatic heterocycles. The van der Waals surface area contributed by atoms with Gasteiger partial charge in [0.25, 0.3) is 0 Å². The predicted molar refractivity (Wildman–Crippen MR) is 168 cm³/mol. The minimum absolute atomic E-state index is 0.0955. The van der Waals surface area contributed by atoms with Crippen LogP contribution >= 0.6 is 0 Å². The van der Waals surface area contributed by atoms with Crippen LogP contribution in [0.2, 0.25) is 0 Å². The summed E-state index contributed by atoms with van der Waals surface area (Å²) in [7, 11) is 1.34. The number of aliphatic hydroxyl groups is 4. The number of phenols is 2. The smallest absolute Gasteiger partial charge is 0.237 e. The van der Waals surface area contributed by atoms with E-state index in [0.717, 1.165) is 13.2 Å². The van der Waals surface area contributed by atoms with Crippen LogP contribution in [0.4, 0.5) is 0 Å². The number of carbonyl (C=O) groups excluding carboxylic acids is 4. The van der Waals surface area contributed by atoms with E-state index in [0.29, 0.717) is 6.42 Å². The van der Waals surface area contributed by atoms with Crippen molar-refractivity contribution in [2.24, 2.45) is 0 Å². The number of carbonyl (C=O) groups is 4. The van der Waals surface area contributed by atoms with Crippen molar-refractivity contribution in [2.75, 3.05) is 20.3 Å². The fourth-order valence-electron chi connectivity index (χ4n) is 6.99. The van der Waals surface area contributed by atoms with Crippen LogP contribution in [0.5, 0.6) is 11.5 Å². The fourth-order valence-corrected chi connectivity index (χ4v) is 6.99. The monoisotopic (exact) mass is 698 g/mol. The highest BCUT2D eigenvalue weighted by Gasteiger charge is 2.49. The number of Topliss-reactive ketones (excluding diaryl/α,β-unsaturated/α-hetero) is 1. The number of nitrogens with zero attached hydrogens (tertiary/aromatic N) is 1. The Morgan fingerprint density at radius 2 is 1.82 bits per heavy atom. The van der Waals surface area contributed by atoms with E-state index in [1.54, 1.807) is 0 Å². The van der Waals surface area contributed by atoms with Crippen molar-refractivity contribution in [3.05, 3.63) is 69.2 Å². The predicted octanol–water partition coefficient (Wildman–Crippen LogP) is 0.681. The lowest BCUT2D eigenvalue weighted by Crippen LogP contribution is -2.50. The molecule has 4 aliphatic rings. The number of aliphatic hydroxyl groups excluding tert-OH is 3. The highest BCUT2D eigenvalue weighted by molar-refractivity contribution is 6.31. The van der Waals surface area contributed by atoms with E-state index >= 15 is 0 Å². The van der Waals surface area contributed by atoms with Crippen LogP contribution in [0.1, 0.15) is 87.2 Å². The second-order valence-electron chi connectivity index (χ2n) is 12.8. The fraction of sp³-hybridized carbons (Fsp3) is 0.471. The molecule has 1 amide bonds. The van der Waals surface area contributed by atoms with Crippen LogP contribution in [-0.2, 0) is 41.7 Å². The van der Waals surface area contributed by atoms with Gasteiger partial charge < -0.3 is 50.2 Å². The van der Waals surface area contributed by atoms with E-state index in [-0.39, 0.29) is 59.6 Å². The Morgan fingerprint density at radius 3 is 2.50 bits per heavy atom. The summed E-state index contributed by atoms with van der Waals surface area (Å²) in [6.07, 6.45) is -3.55. The summed E-state index contributed by atoms with van der Waals surface area (Å²) in [5.74, 6) is -4.70. The van der Waals surface area contributed by atoms with Gasteiger partial charge in [0.1, 0.15) is 41.9 Å². The molecule has 2 aliphatic carbocycles. The van der Waals surface area contributed by atoms with Crippen LogP contribution in [0.3, 0.4) is 0 Å². The lowest BCUT2D eigenvalue weighted by Gasteiger charge is -2.40. The number of amides is 1. The van der Waals surface area contributed by atoms with Gasteiger partial charge in [0.05, 0.1) is 49.7 Å². The third-order valence-corrected chi connectivity index (χ3v) is 9.67. The first-order valence-corrected chi connectivity index (χ1v) is 16.0. The highest BCUT2D eigenvalue weighted by atomic mass is 16.7. The number of hydroxylamine groups is 2. The lowest BCUT2D eigenvalue weighted by molar-refractivity contribution is -0.254. The van der Waals surface area contributed by atoms with Gasteiger partial charge in [0.2, 0.25) is 12.2 Å². The second kappa shape index (κ2) is 13.7. The molecular formula is C34H38N2O14. The summed E-state index contributed by atoms with van der Waals surface area (Å²) in [5, 5.41) is 68.8. The molecule has 2 aromatic rings. The number of fused-ring (bicyclic) bond motifs is 3. The number of aromatic hydroxyl groups is 2. The summed E-state index contributed by atoms with van der Waals surface area (Å²) in [4.78, 5) is 58.4. The molecule has 2 unspecified atom stereocenters. The maximum atomic E-state index is 13.8. The van der Waals surface area contributed by atoms with E-state index in [9.17, 15) is 49.8 Å². The summed E-state index contributed by atoms with van der Waals surface area (Å²) in [6, 6.07) is 3.21. The van der Waals surface area contributed by atoms with Crippen LogP contribution in [0, 0.1) is 0 Å². The average Bonchev–Trinajstić information content (AvgIpc) is 3.08. The molecule has 1 saturated heterocycles. The summed E-state index contributed by atoms with van der Waals surface area (Å²) < 4.78 is 17.3. The molecule has 2 aromatic carbocycles. The van der Waals surface area contributed by atoms with Gasteiger partial charge in [0.15, 0.2) is 17.3 Å². The molecule has 6 atom stereocenters. The molecule has 0 bridgehead atoms. The number of ether oxygens (including phenoxy) is 3. The standard InChI is InChI=1S/C34H38N2O14/c1-15(38)34(46)10-19-27(33(45)29-28(31(19)43)30(42)18-5-3-4-16(13-37)26(18)32(29)44)22(11-34)50-25-9-20(21(40)14-49-25)35-23(41)12-36(47-2)24-8-17(39)6-7-48-24/h3-5,14,17,20,22,24-25,37,39-40,43,45-46H,6-13H2,1-2H3,(H,35,41)/t17?,20?,22-,24+,25-,34-/m0/s1. The molecule has 7 N–H and O–H groups in total. The number of hydrogen-bond donors (Lipinski definition) is 7. The number of rotatable bonds is 9. The van der Waals surface area contributed by atoms with E-state index in [1.165, 1.54) is 30.4 Å². The van der Waals surface area contributed by atoms with Crippen LogP contribution < -0.4 is 5.32 Å². The van der Waals surface area contributed by atoms with E-state index < -0.39 is 102 Å². The van der Waals surface area contributed by atoms with Crippen molar-refractivity contribution < 1.29 is 68.9 Å². The molecule has 0 spiro atoms. The zero-order chi connectivity index (χ0) is 36.1. The Morgan fingerprint density at radius 1 is 1.08 bits per heavy atom. The van der Waals surface area contributed by atoms with Crippen molar-refractivity contribution in [3.63, 3.8) is 0 Å². The van der Waals surface area contributed by atoms with Crippen molar-refractivity contribution in [1.82, 2.24) is 10.4 Å². The molecule has 1 fully saturated rings. The van der Waals surface area contributed by atoms with E-state index in [2.05, 4.69) is 5.32 Å². The number of ketones is 3. The maximum absolute atomic E-state index is 13.8. The zero-order valence-corrected chi connectivity index (χ0v) is 27.2. The number of phenolic OH excluding ortho intramolecular Hbond substituents is 2. The van der Waals surface area contributed by atoms with Gasteiger partial charge in [-0.1, -0.05) is 18.2 Å². The van der Waals surface area contributed by atoms with E-state index in [4.69, 9.17) is 19.0 Å². The first kappa shape index (κ1) is 35.4. The SMILES string of the molecule is CON(CC(=O)NC1C[C@H](O[C@H]2C[C@](O)(C(C)=O)Cc3c(O)c4c(c(O)c32)C(=O)c2c(CO)cccc2C4=O)OC=C1O)[C@H]1CC(O)CCO1. The maximum Gasteiger partial charge on any atom is 0.237 e. The van der Waals surface area contributed by atoms with Crippen LogP contribution in [0.25, 0.3) is 0 Å². The number of nitrogens with one attached hydrogen (secondary N) is 1. The van der Waals surface area contributed by atoms with Gasteiger partial charge >= 0.3 is 0 Å². The van der Waals surface area contributed by atoms with Crippen molar-refractivity contribution in [3.8, 4) is 11.5 Å². The molecule has 0 aromatic heterocycles.